The van der Waals surface area contributed by atoms with Crippen LogP contribution in [-0.4, -0.2) is 37.3 Å². The van der Waals surface area contributed by atoms with E-state index in [0.29, 0.717) is 16.7 Å². The first-order chi connectivity index (χ1) is 10.6. The van der Waals surface area contributed by atoms with Gasteiger partial charge in [0.05, 0.1) is 23.9 Å². The van der Waals surface area contributed by atoms with E-state index in [1.165, 1.54) is 14.0 Å². The molecule has 1 saturated heterocycles. The minimum Gasteiger partial charge on any atom is -0.465 e. The first-order valence-corrected chi connectivity index (χ1v) is 7.43. The van der Waals surface area contributed by atoms with E-state index in [2.05, 4.69) is 5.32 Å². The number of nitrogens with one attached hydrogen (secondary N) is 1. The molecular weight excluding hydrogens is 297 g/mol. The second-order valence-corrected chi connectivity index (χ2v) is 6.56. The van der Waals surface area contributed by atoms with Gasteiger partial charge in [0, 0.05) is 12.6 Å². The Bertz CT molecular complexity index is 625. The highest BCUT2D eigenvalue weighted by molar-refractivity contribution is 6.63. The summed E-state index contributed by atoms with van der Waals surface area (Å²) in [6, 6.07) is 4.91. The number of amides is 1. The Hall–Kier alpha value is -1.86. The van der Waals surface area contributed by atoms with Crippen LogP contribution >= 0.6 is 0 Å². The van der Waals surface area contributed by atoms with Gasteiger partial charge in [-0.05, 0) is 51.4 Å². The molecule has 0 radical (unpaired) electrons. The lowest BCUT2D eigenvalue weighted by Crippen LogP contribution is -2.41. The Labute approximate surface area is 136 Å². The molecule has 0 spiro atoms. The number of methoxy groups -OCH3 is 1. The molecule has 7 heteroatoms. The van der Waals surface area contributed by atoms with Crippen LogP contribution in [-0.2, 0) is 18.8 Å². The summed E-state index contributed by atoms with van der Waals surface area (Å²) in [7, 11) is 0.598. The zero-order valence-corrected chi connectivity index (χ0v) is 14.4. The molecule has 1 aliphatic rings. The lowest BCUT2D eigenvalue weighted by atomic mass is 9.75. The maximum absolute atomic E-state index is 12.0. The first-order valence-electron chi connectivity index (χ1n) is 7.43. The molecule has 124 valence electrons. The maximum atomic E-state index is 12.0. The van der Waals surface area contributed by atoms with Crippen LogP contribution in [0.5, 0.6) is 0 Å². The molecule has 0 saturated carbocycles. The Kier molecular flexibility index (Phi) is 4.55. The highest BCUT2D eigenvalue weighted by atomic mass is 16.7. The van der Waals surface area contributed by atoms with Gasteiger partial charge in [-0.2, -0.15) is 0 Å². The molecule has 2 rings (SSSR count). The predicted molar refractivity (Wildman–Crippen MR) is 87.8 cm³/mol. The highest BCUT2D eigenvalue weighted by Crippen LogP contribution is 2.36. The Morgan fingerprint density at radius 2 is 1.70 bits per heavy atom. The molecule has 0 bridgehead atoms. The van der Waals surface area contributed by atoms with Crippen molar-refractivity contribution in [2.24, 2.45) is 0 Å². The molecule has 1 amide bonds. The van der Waals surface area contributed by atoms with Crippen molar-refractivity contribution < 1.29 is 23.6 Å². The number of esters is 1. The molecule has 1 aromatic rings. The van der Waals surface area contributed by atoms with Crippen LogP contribution < -0.4 is 10.8 Å². The summed E-state index contributed by atoms with van der Waals surface area (Å²) in [6.07, 6.45) is 0. The van der Waals surface area contributed by atoms with Gasteiger partial charge in [0.15, 0.2) is 0 Å². The molecule has 23 heavy (non-hydrogen) atoms. The average molecular weight is 319 g/mol. The molecule has 1 fully saturated rings. The standard InChI is InChI=1S/C16H22BNO5/c1-10(19)18-11-7-8-12(14(20)21-6)13(9-11)17-22-15(2,3)16(4,5)23-17/h7-9H,1-6H3,(H,18,19). The number of anilines is 1. The molecule has 0 aromatic heterocycles. The van der Waals surface area contributed by atoms with E-state index >= 15 is 0 Å². The Morgan fingerprint density at radius 3 is 2.17 bits per heavy atom. The molecule has 0 unspecified atom stereocenters. The van der Waals surface area contributed by atoms with E-state index in [-0.39, 0.29) is 5.91 Å². The summed E-state index contributed by atoms with van der Waals surface area (Å²) in [5, 5.41) is 2.69. The SMILES string of the molecule is COC(=O)c1ccc(NC(C)=O)cc1B1OC(C)(C)C(C)(C)O1. The molecule has 6 nitrogen and oxygen atoms in total. The van der Waals surface area contributed by atoms with Crippen LogP contribution in [0.1, 0.15) is 45.0 Å². The van der Waals surface area contributed by atoms with Crippen molar-refractivity contribution in [1.29, 1.82) is 0 Å². The fourth-order valence-electron chi connectivity index (χ4n) is 2.30. The monoisotopic (exact) mass is 319 g/mol. The molecule has 1 heterocycles. The normalized spacial score (nSPS) is 18.6. The topological polar surface area (TPSA) is 73.9 Å². The number of carbonyl (C=O) groups is 2. The molecular formula is C16H22BNO5. The van der Waals surface area contributed by atoms with E-state index in [0.717, 1.165) is 0 Å². The number of ether oxygens (including phenoxy) is 1. The van der Waals surface area contributed by atoms with Crippen molar-refractivity contribution in [2.75, 3.05) is 12.4 Å². The summed E-state index contributed by atoms with van der Waals surface area (Å²) in [5.74, 6) is -0.681. The number of hydrogen-bond donors (Lipinski definition) is 1. The maximum Gasteiger partial charge on any atom is 0.495 e. The zero-order valence-electron chi connectivity index (χ0n) is 14.4. The summed E-state index contributed by atoms with van der Waals surface area (Å²) in [5.41, 5.74) is 0.376. The van der Waals surface area contributed by atoms with Crippen LogP contribution in [0.15, 0.2) is 18.2 Å². The van der Waals surface area contributed by atoms with Gasteiger partial charge in [0.2, 0.25) is 5.91 Å². The summed E-state index contributed by atoms with van der Waals surface area (Å²) in [6.45, 7) is 9.15. The van der Waals surface area contributed by atoms with Gasteiger partial charge in [0.1, 0.15) is 0 Å². The fraction of sp³-hybridized carbons (Fsp3) is 0.500. The summed E-state index contributed by atoms with van der Waals surface area (Å²) >= 11 is 0. The van der Waals surface area contributed by atoms with E-state index in [9.17, 15) is 9.59 Å². The minimum absolute atomic E-state index is 0.198. The van der Waals surface area contributed by atoms with E-state index in [1.807, 2.05) is 27.7 Å². The lowest BCUT2D eigenvalue weighted by Gasteiger charge is -2.32. The zero-order chi connectivity index (χ0) is 17.4. The first kappa shape index (κ1) is 17.5. The Balaban J connectivity index is 2.46. The van der Waals surface area contributed by atoms with Gasteiger partial charge >= 0.3 is 13.1 Å². The van der Waals surface area contributed by atoms with E-state index in [1.54, 1.807) is 18.2 Å². The summed E-state index contributed by atoms with van der Waals surface area (Å²) < 4.78 is 16.8. The average Bonchev–Trinajstić information content (AvgIpc) is 2.66. The Morgan fingerprint density at radius 1 is 1.13 bits per heavy atom. The van der Waals surface area contributed by atoms with Crippen LogP contribution in [0.3, 0.4) is 0 Å². The third-order valence-corrected chi connectivity index (χ3v) is 4.28. The van der Waals surface area contributed by atoms with Gasteiger partial charge in [-0.15, -0.1) is 0 Å². The summed E-state index contributed by atoms with van der Waals surface area (Å²) in [4.78, 5) is 23.3. The number of rotatable bonds is 3. The number of benzene rings is 1. The van der Waals surface area contributed by atoms with Crippen molar-refractivity contribution in [3.8, 4) is 0 Å². The van der Waals surface area contributed by atoms with Gasteiger partial charge in [-0.3, -0.25) is 4.79 Å². The van der Waals surface area contributed by atoms with Crippen LogP contribution in [0.4, 0.5) is 5.69 Å². The van der Waals surface area contributed by atoms with Gasteiger partial charge in [-0.1, -0.05) is 0 Å². The van der Waals surface area contributed by atoms with Crippen molar-refractivity contribution in [1.82, 2.24) is 0 Å². The molecule has 1 aliphatic heterocycles. The number of carbonyl (C=O) groups excluding carboxylic acids is 2. The van der Waals surface area contributed by atoms with Crippen molar-refractivity contribution in [3.05, 3.63) is 23.8 Å². The second-order valence-electron chi connectivity index (χ2n) is 6.56. The molecule has 1 aromatic carbocycles. The van der Waals surface area contributed by atoms with Gasteiger partial charge in [-0.25, -0.2) is 4.79 Å². The lowest BCUT2D eigenvalue weighted by molar-refractivity contribution is -0.114. The fourth-order valence-corrected chi connectivity index (χ4v) is 2.30. The van der Waals surface area contributed by atoms with Crippen LogP contribution in [0.2, 0.25) is 0 Å². The van der Waals surface area contributed by atoms with E-state index in [4.69, 9.17) is 14.0 Å². The van der Waals surface area contributed by atoms with Crippen molar-refractivity contribution in [2.45, 2.75) is 45.8 Å². The molecule has 0 atom stereocenters. The van der Waals surface area contributed by atoms with Crippen LogP contribution in [0.25, 0.3) is 0 Å². The highest BCUT2D eigenvalue weighted by Gasteiger charge is 2.52. The van der Waals surface area contributed by atoms with E-state index < -0.39 is 24.3 Å². The van der Waals surface area contributed by atoms with Crippen molar-refractivity contribution in [3.63, 3.8) is 0 Å². The third-order valence-electron chi connectivity index (χ3n) is 4.28. The smallest absolute Gasteiger partial charge is 0.465 e. The number of hydrogen-bond acceptors (Lipinski definition) is 5. The third kappa shape index (κ3) is 3.40. The van der Waals surface area contributed by atoms with Crippen molar-refractivity contribution >= 4 is 30.1 Å². The quantitative estimate of drug-likeness (QED) is 0.678. The predicted octanol–water partition coefficient (Wildman–Crippen LogP) is 1.73. The molecule has 1 N–H and O–H groups in total. The van der Waals surface area contributed by atoms with Crippen LogP contribution in [0, 0.1) is 0 Å². The largest absolute Gasteiger partial charge is 0.495 e. The minimum atomic E-state index is -0.720. The van der Waals surface area contributed by atoms with Gasteiger partial charge in [0.25, 0.3) is 0 Å². The molecule has 0 aliphatic carbocycles. The second kappa shape index (κ2) is 5.98. The van der Waals surface area contributed by atoms with Gasteiger partial charge < -0.3 is 19.4 Å².